The number of primary amides is 1. The summed E-state index contributed by atoms with van der Waals surface area (Å²) in [5.74, 6) is -2.60. The topological polar surface area (TPSA) is 119 Å². The number of aromatic nitrogens is 2. The number of nitrogens with two attached hydrogens (primary N) is 1. The van der Waals surface area contributed by atoms with Crippen molar-refractivity contribution in [3.8, 4) is 0 Å². The molecule has 0 fully saturated rings. The van der Waals surface area contributed by atoms with Gasteiger partial charge in [0.15, 0.2) is 0 Å². The normalized spacial score (nSPS) is 10.6. The molecule has 2 amide bonds. The Labute approximate surface area is 109 Å². The van der Waals surface area contributed by atoms with Gasteiger partial charge in [-0.1, -0.05) is 0 Å². The molecule has 0 saturated carbocycles. The van der Waals surface area contributed by atoms with Crippen molar-refractivity contribution in [3.63, 3.8) is 0 Å². The lowest BCUT2D eigenvalue weighted by molar-refractivity contribution is -0.143. The fraction of sp³-hybridized carbons (Fsp3) is 0.273. The number of hydrogen-bond acceptors (Lipinski definition) is 4. The molecule has 19 heavy (non-hydrogen) atoms. The maximum absolute atomic E-state index is 11.7. The zero-order valence-electron chi connectivity index (χ0n) is 10.3. The zero-order valence-corrected chi connectivity index (χ0v) is 10.3. The third-order valence-corrected chi connectivity index (χ3v) is 2.13. The molecule has 1 aromatic heterocycles. The summed E-state index contributed by atoms with van der Waals surface area (Å²) in [4.78, 5) is 33.9. The Hall–Kier alpha value is -2.64. The third kappa shape index (κ3) is 5.02. The van der Waals surface area contributed by atoms with Gasteiger partial charge in [0.1, 0.15) is 13.1 Å². The molecule has 1 heterocycles. The van der Waals surface area contributed by atoms with E-state index >= 15 is 0 Å². The summed E-state index contributed by atoms with van der Waals surface area (Å²) in [5, 5.41) is 12.6. The number of carbonyl (C=O) groups is 3. The minimum absolute atomic E-state index is 0.442. The molecule has 0 spiro atoms. The summed E-state index contributed by atoms with van der Waals surface area (Å²) in [5.41, 5.74) is 5.64. The molecule has 0 radical (unpaired) electrons. The molecule has 0 unspecified atom stereocenters. The Morgan fingerprint density at radius 3 is 2.63 bits per heavy atom. The van der Waals surface area contributed by atoms with Crippen LogP contribution in [0, 0.1) is 0 Å². The first-order chi connectivity index (χ1) is 8.88. The summed E-state index contributed by atoms with van der Waals surface area (Å²) < 4.78 is 1.56. The molecule has 8 nitrogen and oxygen atoms in total. The number of amides is 2. The molecule has 102 valence electrons. The van der Waals surface area contributed by atoms with E-state index in [2.05, 4.69) is 5.10 Å². The van der Waals surface area contributed by atoms with Crippen LogP contribution in [0.2, 0.25) is 0 Å². The van der Waals surface area contributed by atoms with Gasteiger partial charge in [-0.2, -0.15) is 5.10 Å². The van der Waals surface area contributed by atoms with Gasteiger partial charge in [0.2, 0.25) is 11.8 Å². The second-order valence-corrected chi connectivity index (χ2v) is 3.84. The van der Waals surface area contributed by atoms with Gasteiger partial charge in [-0.25, -0.2) is 0 Å². The van der Waals surface area contributed by atoms with Gasteiger partial charge in [-0.15, -0.1) is 0 Å². The zero-order chi connectivity index (χ0) is 14.4. The average Bonchev–Trinajstić information content (AvgIpc) is 2.70. The van der Waals surface area contributed by atoms with Crippen molar-refractivity contribution in [1.82, 2.24) is 14.7 Å². The standard InChI is InChI=1S/C11H14N4O4/c1-14-5-8(4-13-14)2-3-10(17)15(6-9(12)16)7-11(18)19/h2-5H,6-7H2,1H3,(H2,12,16)(H,18,19)/b3-2+. The fourth-order valence-corrected chi connectivity index (χ4v) is 1.36. The lowest BCUT2D eigenvalue weighted by Gasteiger charge is -2.16. The SMILES string of the molecule is Cn1cc(/C=C/C(=O)N(CC(N)=O)CC(=O)O)cn1. The van der Waals surface area contributed by atoms with E-state index in [0.717, 1.165) is 4.90 Å². The van der Waals surface area contributed by atoms with Crippen LogP contribution in [0.25, 0.3) is 6.08 Å². The van der Waals surface area contributed by atoms with E-state index in [-0.39, 0.29) is 0 Å². The van der Waals surface area contributed by atoms with Crippen LogP contribution in [0.4, 0.5) is 0 Å². The number of rotatable bonds is 6. The van der Waals surface area contributed by atoms with Gasteiger partial charge in [-0.05, 0) is 6.08 Å². The molecule has 1 rings (SSSR count). The van der Waals surface area contributed by atoms with Crippen molar-refractivity contribution in [2.45, 2.75) is 0 Å². The number of carboxylic acid groups (broad SMARTS) is 1. The van der Waals surface area contributed by atoms with Gasteiger partial charge in [0.25, 0.3) is 0 Å². The molecule has 8 heteroatoms. The molecule has 1 aromatic rings. The van der Waals surface area contributed by atoms with E-state index in [0.29, 0.717) is 5.56 Å². The van der Waals surface area contributed by atoms with E-state index in [1.165, 1.54) is 12.2 Å². The fourth-order valence-electron chi connectivity index (χ4n) is 1.36. The van der Waals surface area contributed by atoms with Crippen molar-refractivity contribution in [2.24, 2.45) is 12.8 Å². The minimum Gasteiger partial charge on any atom is -0.480 e. The summed E-state index contributed by atoms with van der Waals surface area (Å²) in [6, 6.07) is 0. The predicted octanol–water partition coefficient (Wildman–Crippen LogP) is -1.17. The Morgan fingerprint density at radius 2 is 2.16 bits per heavy atom. The summed E-state index contributed by atoms with van der Waals surface area (Å²) in [7, 11) is 1.73. The van der Waals surface area contributed by atoms with Crippen LogP contribution < -0.4 is 5.73 Å². The van der Waals surface area contributed by atoms with Crippen molar-refractivity contribution >= 4 is 23.9 Å². The van der Waals surface area contributed by atoms with E-state index in [1.807, 2.05) is 0 Å². The molecule has 0 aliphatic heterocycles. The first-order valence-corrected chi connectivity index (χ1v) is 5.34. The highest BCUT2D eigenvalue weighted by Crippen LogP contribution is 2.01. The number of carboxylic acids is 1. The highest BCUT2D eigenvalue weighted by Gasteiger charge is 2.16. The first-order valence-electron chi connectivity index (χ1n) is 5.34. The molecule has 0 aliphatic rings. The van der Waals surface area contributed by atoms with Gasteiger partial charge in [0.05, 0.1) is 6.20 Å². The third-order valence-electron chi connectivity index (χ3n) is 2.13. The van der Waals surface area contributed by atoms with Crippen LogP contribution in [-0.2, 0) is 21.4 Å². The van der Waals surface area contributed by atoms with Crippen LogP contribution in [0.15, 0.2) is 18.5 Å². The van der Waals surface area contributed by atoms with Gasteiger partial charge in [0, 0.05) is 24.9 Å². The number of aliphatic carboxylic acids is 1. The number of aryl methyl sites for hydroxylation is 1. The van der Waals surface area contributed by atoms with Crippen molar-refractivity contribution in [2.75, 3.05) is 13.1 Å². The Kier molecular flexibility index (Phi) is 4.81. The van der Waals surface area contributed by atoms with E-state index in [4.69, 9.17) is 10.8 Å². The molecule has 0 saturated heterocycles. The van der Waals surface area contributed by atoms with Crippen LogP contribution in [0.5, 0.6) is 0 Å². The van der Waals surface area contributed by atoms with Gasteiger partial charge < -0.3 is 15.7 Å². The lowest BCUT2D eigenvalue weighted by Crippen LogP contribution is -2.40. The average molecular weight is 266 g/mol. The molecular weight excluding hydrogens is 252 g/mol. The van der Waals surface area contributed by atoms with E-state index in [9.17, 15) is 14.4 Å². The molecule has 0 bridgehead atoms. The molecule has 0 atom stereocenters. The quantitative estimate of drug-likeness (QED) is 0.629. The van der Waals surface area contributed by atoms with E-state index in [1.54, 1.807) is 24.1 Å². The predicted molar refractivity (Wildman–Crippen MR) is 65.7 cm³/mol. The van der Waals surface area contributed by atoms with Crippen LogP contribution in [-0.4, -0.2) is 50.7 Å². The minimum atomic E-state index is -1.22. The first kappa shape index (κ1) is 14.4. The summed E-state index contributed by atoms with van der Waals surface area (Å²) in [6.45, 7) is -1.03. The van der Waals surface area contributed by atoms with Crippen molar-refractivity contribution in [3.05, 3.63) is 24.0 Å². The summed E-state index contributed by atoms with van der Waals surface area (Å²) in [6.07, 6.45) is 5.87. The van der Waals surface area contributed by atoms with Crippen LogP contribution >= 0.6 is 0 Å². The van der Waals surface area contributed by atoms with Gasteiger partial charge in [-0.3, -0.25) is 19.1 Å². The number of nitrogens with zero attached hydrogens (tertiary/aromatic N) is 3. The summed E-state index contributed by atoms with van der Waals surface area (Å²) >= 11 is 0. The number of hydrogen-bond donors (Lipinski definition) is 2. The smallest absolute Gasteiger partial charge is 0.323 e. The lowest BCUT2D eigenvalue weighted by atomic mass is 10.3. The highest BCUT2D eigenvalue weighted by molar-refractivity contribution is 5.95. The van der Waals surface area contributed by atoms with Gasteiger partial charge >= 0.3 is 5.97 Å². The Balaban J connectivity index is 2.73. The number of carbonyl (C=O) groups excluding carboxylic acids is 2. The maximum Gasteiger partial charge on any atom is 0.323 e. The Morgan fingerprint density at radius 1 is 1.47 bits per heavy atom. The monoisotopic (exact) mass is 266 g/mol. The molecule has 0 aromatic carbocycles. The van der Waals surface area contributed by atoms with Crippen molar-refractivity contribution in [1.29, 1.82) is 0 Å². The second kappa shape index (κ2) is 6.34. The largest absolute Gasteiger partial charge is 0.480 e. The molecule has 3 N–H and O–H groups in total. The Bertz CT molecular complexity index is 505. The van der Waals surface area contributed by atoms with Crippen molar-refractivity contribution < 1.29 is 19.5 Å². The maximum atomic E-state index is 11.7. The highest BCUT2D eigenvalue weighted by atomic mass is 16.4. The second-order valence-electron chi connectivity index (χ2n) is 3.84. The molecular formula is C11H14N4O4. The van der Waals surface area contributed by atoms with Crippen LogP contribution in [0.1, 0.15) is 5.56 Å². The molecule has 0 aliphatic carbocycles. The van der Waals surface area contributed by atoms with E-state index < -0.39 is 30.9 Å². The van der Waals surface area contributed by atoms with Crippen LogP contribution in [0.3, 0.4) is 0 Å².